The van der Waals surface area contributed by atoms with Crippen molar-refractivity contribution in [1.82, 2.24) is 20.3 Å². The van der Waals surface area contributed by atoms with Gasteiger partial charge in [0.15, 0.2) is 5.69 Å². The third kappa shape index (κ3) is 5.24. The summed E-state index contributed by atoms with van der Waals surface area (Å²) in [6.07, 6.45) is 3.40. The average molecular weight is 255 g/mol. The standard InChI is InChI=1S/C11H21N5O2/c1-2-7-18-8-3-5-13-11(17)10-9-16(6-4-12)15-14-10/h9H,2-8,12H2,1H3,(H,13,17). The average Bonchev–Trinajstić information content (AvgIpc) is 2.82. The largest absolute Gasteiger partial charge is 0.381 e. The van der Waals surface area contributed by atoms with Gasteiger partial charge in [-0.15, -0.1) is 5.10 Å². The molecule has 0 spiro atoms. The molecule has 7 heteroatoms. The summed E-state index contributed by atoms with van der Waals surface area (Å²) >= 11 is 0. The molecule has 0 unspecified atom stereocenters. The fourth-order valence-electron chi connectivity index (χ4n) is 1.36. The fourth-order valence-corrected chi connectivity index (χ4v) is 1.36. The van der Waals surface area contributed by atoms with Gasteiger partial charge >= 0.3 is 0 Å². The monoisotopic (exact) mass is 255 g/mol. The van der Waals surface area contributed by atoms with E-state index in [1.807, 2.05) is 0 Å². The number of nitrogens with two attached hydrogens (primary N) is 1. The zero-order valence-electron chi connectivity index (χ0n) is 10.8. The van der Waals surface area contributed by atoms with Crippen molar-refractivity contribution in [2.75, 3.05) is 26.3 Å². The maximum absolute atomic E-state index is 11.7. The highest BCUT2D eigenvalue weighted by Crippen LogP contribution is 1.93. The molecule has 1 rings (SSSR count). The molecule has 0 aliphatic heterocycles. The predicted octanol–water partition coefficient (Wildman–Crippen LogP) is -0.217. The van der Waals surface area contributed by atoms with E-state index < -0.39 is 0 Å². The van der Waals surface area contributed by atoms with E-state index >= 15 is 0 Å². The number of carbonyl (C=O) groups excluding carboxylic acids is 1. The van der Waals surface area contributed by atoms with Crippen LogP contribution in [0.5, 0.6) is 0 Å². The second kappa shape index (κ2) is 8.60. The lowest BCUT2D eigenvalue weighted by molar-refractivity contribution is 0.0936. The maximum Gasteiger partial charge on any atom is 0.273 e. The van der Waals surface area contributed by atoms with E-state index in [0.717, 1.165) is 19.4 Å². The first-order valence-corrected chi connectivity index (χ1v) is 6.24. The number of ether oxygens (including phenoxy) is 1. The van der Waals surface area contributed by atoms with Gasteiger partial charge < -0.3 is 15.8 Å². The van der Waals surface area contributed by atoms with E-state index in [1.165, 1.54) is 0 Å². The van der Waals surface area contributed by atoms with Crippen molar-refractivity contribution in [3.05, 3.63) is 11.9 Å². The Hall–Kier alpha value is -1.47. The van der Waals surface area contributed by atoms with Gasteiger partial charge in [0.05, 0.1) is 12.7 Å². The number of carbonyl (C=O) groups is 1. The molecule has 0 bridgehead atoms. The van der Waals surface area contributed by atoms with Crippen molar-refractivity contribution in [3.63, 3.8) is 0 Å². The molecule has 1 heterocycles. The number of hydrogen-bond acceptors (Lipinski definition) is 5. The van der Waals surface area contributed by atoms with E-state index in [-0.39, 0.29) is 5.91 Å². The molecule has 0 saturated heterocycles. The van der Waals surface area contributed by atoms with Crippen LogP contribution >= 0.6 is 0 Å². The van der Waals surface area contributed by atoms with E-state index in [9.17, 15) is 4.79 Å². The first-order valence-electron chi connectivity index (χ1n) is 6.24. The minimum atomic E-state index is -0.214. The summed E-state index contributed by atoms with van der Waals surface area (Å²) < 4.78 is 6.86. The van der Waals surface area contributed by atoms with Crippen molar-refractivity contribution < 1.29 is 9.53 Å². The van der Waals surface area contributed by atoms with Gasteiger partial charge in [0.25, 0.3) is 5.91 Å². The molecule has 1 aromatic heterocycles. The van der Waals surface area contributed by atoms with Crippen molar-refractivity contribution in [3.8, 4) is 0 Å². The lowest BCUT2D eigenvalue weighted by Crippen LogP contribution is -2.25. The van der Waals surface area contributed by atoms with Gasteiger partial charge in [0.2, 0.25) is 0 Å². The van der Waals surface area contributed by atoms with Crippen LogP contribution in [0.25, 0.3) is 0 Å². The van der Waals surface area contributed by atoms with E-state index in [0.29, 0.717) is 31.9 Å². The molecule has 102 valence electrons. The van der Waals surface area contributed by atoms with Crippen LogP contribution in [0.4, 0.5) is 0 Å². The molecular weight excluding hydrogens is 234 g/mol. The Morgan fingerprint density at radius 1 is 1.56 bits per heavy atom. The van der Waals surface area contributed by atoms with Crippen molar-refractivity contribution in [2.45, 2.75) is 26.3 Å². The highest BCUT2D eigenvalue weighted by atomic mass is 16.5. The quantitative estimate of drug-likeness (QED) is 0.595. The Bertz CT molecular complexity index is 353. The number of rotatable bonds is 9. The van der Waals surface area contributed by atoms with Crippen molar-refractivity contribution >= 4 is 5.91 Å². The summed E-state index contributed by atoms with van der Waals surface area (Å²) in [5, 5.41) is 10.3. The van der Waals surface area contributed by atoms with Crippen molar-refractivity contribution in [2.24, 2.45) is 5.73 Å². The SMILES string of the molecule is CCCOCCCNC(=O)c1cn(CCN)nn1. The van der Waals surface area contributed by atoms with Gasteiger partial charge in [-0.25, -0.2) is 0 Å². The van der Waals surface area contributed by atoms with Crippen LogP contribution in [0, 0.1) is 0 Å². The molecule has 0 aliphatic rings. The van der Waals surface area contributed by atoms with Crippen LogP contribution in [-0.4, -0.2) is 47.2 Å². The second-order valence-corrected chi connectivity index (χ2v) is 3.88. The van der Waals surface area contributed by atoms with Crippen LogP contribution in [0.2, 0.25) is 0 Å². The lowest BCUT2D eigenvalue weighted by atomic mass is 10.4. The molecule has 0 saturated carbocycles. The molecule has 0 radical (unpaired) electrons. The van der Waals surface area contributed by atoms with Crippen LogP contribution < -0.4 is 11.1 Å². The Kier molecular flexibility index (Phi) is 6.97. The van der Waals surface area contributed by atoms with E-state index in [1.54, 1.807) is 10.9 Å². The van der Waals surface area contributed by atoms with Gasteiger partial charge in [-0.1, -0.05) is 12.1 Å². The topological polar surface area (TPSA) is 95.1 Å². The Morgan fingerprint density at radius 3 is 3.11 bits per heavy atom. The fraction of sp³-hybridized carbons (Fsp3) is 0.727. The van der Waals surface area contributed by atoms with Gasteiger partial charge in [-0.2, -0.15) is 0 Å². The van der Waals surface area contributed by atoms with Crippen LogP contribution in [0.3, 0.4) is 0 Å². The highest BCUT2D eigenvalue weighted by Gasteiger charge is 2.09. The molecule has 18 heavy (non-hydrogen) atoms. The Labute approximate surface area is 107 Å². The smallest absolute Gasteiger partial charge is 0.273 e. The summed E-state index contributed by atoms with van der Waals surface area (Å²) in [5.41, 5.74) is 5.70. The number of amides is 1. The zero-order valence-corrected chi connectivity index (χ0v) is 10.8. The molecule has 0 atom stereocenters. The number of hydrogen-bond donors (Lipinski definition) is 2. The molecular formula is C11H21N5O2. The van der Waals surface area contributed by atoms with Gasteiger partial charge in [-0.3, -0.25) is 9.48 Å². The number of nitrogens with zero attached hydrogens (tertiary/aromatic N) is 3. The summed E-state index contributed by atoms with van der Waals surface area (Å²) in [4.78, 5) is 11.7. The predicted molar refractivity (Wildman–Crippen MR) is 67.1 cm³/mol. The molecule has 0 aromatic carbocycles. The number of nitrogens with one attached hydrogen (secondary N) is 1. The molecule has 7 nitrogen and oxygen atoms in total. The Morgan fingerprint density at radius 2 is 2.39 bits per heavy atom. The summed E-state index contributed by atoms with van der Waals surface area (Å²) in [5.74, 6) is -0.214. The minimum Gasteiger partial charge on any atom is -0.381 e. The van der Waals surface area contributed by atoms with E-state index in [2.05, 4.69) is 22.6 Å². The third-order valence-electron chi connectivity index (χ3n) is 2.23. The van der Waals surface area contributed by atoms with E-state index in [4.69, 9.17) is 10.5 Å². The molecule has 1 aromatic rings. The van der Waals surface area contributed by atoms with Gasteiger partial charge in [0, 0.05) is 26.3 Å². The summed E-state index contributed by atoms with van der Waals surface area (Å²) in [6.45, 7) is 5.10. The van der Waals surface area contributed by atoms with Gasteiger partial charge in [0.1, 0.15) is 0 Å². The first kappa shape index (κ1) is 14.6. The van der Waals surface area contributed by atoms with Crippen molar-refractivity contribution in [1.29, 1.82) is 0 Å². The molecule has 1 amide bonds. The summed E-state index contributed by atoms with van der Waals surface area (Å²) in [7, 11) is 0. The number of aromatic nitrogens is 3. The Balaban J connectivity index is 2.19. The van der Waals surface area contributed by atoms with Crippen LogP contribution in [0.15, 0.2) is 6.20 Å². The molecule has 3 N–H and O–H groups in total. The van der Waals surface area contributed by atoms with Gasteiger partial charge in [-0.05, 0) is 12.8 Å². The first-order chi connectivity index (χ1) is 8.77. The summed E-state index contributed by atoms with van der Waals surface area (Å²) in [6, 6.07) is 0. The van der Waals surface area contributed by atoms with Crippen LogP contribution in [0.1, 0.15) is 30.3 Å². The second-order valence-electron chi connectivity index (χ2n) is 3.88. The van der Waals surface area contributed by atoms with Crippen LogP contribution in [-0.2, 0) is 11.3 Å². The molecule has 0 fully saturated rings. The third-order valence-corrected chi connectivity index (χ3v) is 2.23. The minimum absolute atomic E-state index is 0.214. The lowest BCUT2D eigenvalue weighted by Gasteiger charge is -2.03. The normalized spacial score (nSPS) is 10.6. The molecule has 0 aliphatic carbocycles. The maximum atomic E-state index is 11.7. The highest BCUT2D eigenvalue weighted by molar-refractivity contribution is 5.91. The zero-order chi connectivity index (χ0) is 13.2.